The first-order chi connectivity index (χ1) is 22.3. The van der Waals surface area contributed by atoms with Gasteiger partial charge in [0.1, 0.15) is 6.23 Å². The van der Waals surface area contributed by atoms with E-state index in [1.54, 1.807) is 0 Å². The van der Waals surface area contributed by atoms with E-state index in [4.69, 9.17) is 0 Å². The molecule has 2 aromatic carbocycles. The van der Waals surface area contributed by atoms with Gasteiger partial charge in [0.2, 0.25) is 5.91 Å². The van der Waals surface area contributed by atoms with Gasteiger partial charge in [-0.25, -0.2) is 4.79 Å². The molecule has 2 aromatic rings. The van der Waals surface area contributed by atoms with Crippen molar-refractivity contribution >= 4 is 35.1 Å². The normalized spacial score (nSPS) is 20.5. The number of aliphatic hydroxyl groups excluding tert-OH is 1. The van der Waals surface area contributed by atoms with Crippen molar-refractivity contribution in [3.8, 4) is 0 Å². The lowest BCUT2D eigenvalue weighted by Gasteiger charge is -2.35. The van der Waals surface area contributed by atoms with E-state index < -0.39 is 35.6 Å². The number of ketones is 1. The largest absolute Gasteiger partial charge is 0.481 e. The van der Waals surface area contributed by atoms with Crippen LogP contribution in [0.15, 0.2) is 48.5 Å². The summed E-state index contributed by atoms with van der Waals surface area (Å²) in [6.07, 6.45) is 3.18. The number of hydrogen-bond donors (Lipinski definition) is 5. The fourth-order valence-corrected chi connectivity index (χ4v) is 7.43. The molecule has 2 aliphatic rings. The highest BCUT2D eigenvalue weighted by Gasteiger charge is 2.59. The molecule has 1 aliphatic heterocycles. The van der Waals surface area contributed by atoms with E-state index in [-0.39, 0.29) is 42.4 Å². The van der Waals surface area contributed by atoms with Crippen LogP contribution >= 0.6 is 0 Å². The molecule has 1 saturated carbocycles. The smallest absolute Gasteiger partial charge is 0.323 e. The van der Waals surface area contributed by atoms with Crippen molar-refractivity contribution in [2.45, 2.75) is 110 Å². The number of rotatable bonds is 14. The first-order valence-electron chi connectivity index (χ1n) is 17.0. The Kier molecular flexibility index (Phi) is 12.2. The predicted molar refractivity (Wildman–Crippen MR) is 183 cm³/mol. The fraction of sp³-hybridized carbons (Fsp3) is 0.568. The second-order valence-electron chi connectivity index (χ2n) is 14.3. The lowest BCUT2D eigenvalue weighted by atomic mass is 9.81. The van der Waals surface area contributed by atoms with Crippen LogP contribution in [-0.2, 0) is 20.9 Å². The highest BCUT2D eigenvalue weighted by Crippen LogP contribution is 2.48. The average Bonchev–Trinajstić information content (AvgIpc) is 3.55. The third-order valence-corrected chi connectivity index (χ3v) is 9.60. The standard InChI is InChI=1S/C37H52N4O6/c1-23(2)18-27(34(45)38-29(19-24(3)4)21-32(42)43)20-30-33(44)37(16-8-9-17-37)41(35(30)46)22-26-12-14-28(15-13-26)39-36(47)40-31-11-7-6-10-25(31)5/h6-7,10-15,23-24,27,29-30,35,46H,8-9,16-22H2,1-5H3,(H,38,45)(H,42,43)(H2,39,40,47)/t27-,29-,30?,35?/m1/s1. The monoisotopic (exact) mass is 648 g/mol. The van der Waals surface area contributed by atoms with Gasteiger partial charge in [-0.15, -0.1) is 0 Å². The van der Waals surface area contributed by atoms with Crippen LogP contribution in [0.4, 0.5) is 16.2 Å². The molecule has 1 heterocycles. The van der Waals surface area contributed by atoms with E-state index in [0.29, 0.717) is 37.9 Å². The Morgan fingerprint density at radius 1 is 0.936 bits per heavy atom. The van der Waals surface area contributed by atoms with Crippen LogP contribution in [-0.4, -0.2) is 56.6 Å². The van der Waals surface area contributed by atoms with Crippen molar-refractivity contribution in [3.63, 3.8) is 0 Å². The third-order valence-electron chi connectivity index (χ3n) is 9.60. The van der Waals surface area contributed by atoms with Gasteiger partial charge in [-0.1, -0.05) is 70.9 Å². The number of Topliss-reactive ketones (excluding diaryl/α,β-unsaturated/α-hetero) is 1. The Hall–Kier alpha value is -3.76. The molecular weight excluding hydrogens is 596 g/mol. The van der Waals surface area contributed by atoms with E-state index in [9.17, 15) is 29.4 Å². The maximum absolute atomic E-state index is 14.2. The van der Waals surface area contributed by atoms with Gasteiger partial charge in [-0.3, -0.25) is 19.3 Å². The number of amides is 3. The molecule has 5 N–H and O–H groups in total. The Bertz CT molecular complexity index is 1400. The summed E-state index contributed by atoms with van der Waals surface area (Å²) < 4.78 is 0. The fourth-order valence-electron chi connectivity index (χ4n) is 7.43. The topological polar surface area (TPSA) is 148 Å². The van der Waals surface area contributed by atoms with Gasteiger partial charge >= 0.3 is 12.0 Å². The zero-order valence-electron chi connectivity index (χ0n) is 28.4. The number of carboxylic acids is 1. The molecule has 0 bridgehead atoms. The number of hydrogen-bond acceptors (Lipinski definition) is 6. The van der Waals surface area contributed by atoms with Gasteiger partial charge in [0.05, 0.1) is 17.9 Å². The van der Waals surface area contributed by atoms with Gasteiger partial charge in [-0.05, 0) is 80.2 Å². The number of carbonyl (C=O) groups is 4. The maximum Gasteiger partial charge on any atom is 0.323 e. The van der Waals surface area contributed by atoms with E-state index in [2.05, 4.69) is 16.0 Å². The zero-order chi connectivity index (χ0) is 34.3. The molecule has 1 saturated heterocycles. The third kappa shape index (κ3) is 9.20. The Morgan fingerprint density at radius 2 is 1.57 bits per heavy atom. The molecule has 0 aromatic heterocycles. The minimum Gasteiger partial charge on any atom is -0.481 e. The molecule has 1 spiro atoms. The number of para-hydroxylation sites is 1. The van der Waals surface area contributed by atoms with Crippen molar-refractivity contribution in [1.82, 2.24) is 10.2 Å². The molecular formula is C37H52N4O6. The molecule has 2 fully saturated rings. The first kappa shape index (κ1) is 36.1. The molecule has 0 radical (unpaired) electrons. The highest BCUT2D eigenvalue weighted by atomic mass is 16.4. The summed E-state index contributed by atoms with van der Waals surface area (Å²) in [6.45, 7) is 10.3. The summed E-state index contributed by atoms with van der Waals surface area (Å²) in [5.41, 5.74) is 2.43. The number of carbonyl (C=O) groups excluding carboxylic acids is 3. The number of carboxylic acid groups (broad SMARTS) is 1. The zero-order valence-corrected chi connectivity index (χ0v) is 28.4. The SMILES string of the molecule is Cc1ccccc1NC(=O)Nc1ccc(CN2C(O)C(C[C@@H](CC(C)C)C(=O)N[C@@H](CC(=O)O)CC(C)C)C(=O)C23CCCC3)cc1. The summed E-state index contributed by atoms with van der Waals surface area (Å²) in [4.78, 5) is 53.8. The molecule has 4 atom stereocenters. The van der Waals surface area contributed by atoms with Gasteiger partial charge in [0.15, 0.2) is 5.78 Å². The molecule has 47 heavy (non-hydrogen) atoms. The molecule has 1 aliphatic carbocycles. The number of nitrogens with one attached hydrogen (secondary N) is 3. The molecule has 4 rings (SSSR count). The van der Waals surface area contributed by atoms with Crippen LogP contribution in [0.2, 0.25) is 0 Å². The molecule has 10 heteroatoms. The summed E-state index contributed by atoms with van der Waals surface area (Å²) in [5, 5.41) is 29.9. The van der Waals surface area contributed by atoms with Crippen LogP contribution in [0.3, 0.4) is 0 Å². The highest BCUT2D eigenvalue weighted by molar-refractivity contribution is 6.00. The Morgan fingerprint density at radius 3 is 2.17 bits per heavy atom. The number of benzene rings is 2. The van der Waals surface area contributed by atoms with Crippen LogP contribution in [0.5, 0.6) is 0 Å². The number of aliphatic carboxylic acids is 1. The number of urea groups is 1. The van der Waals surface area contributed by atoms with Gasteiger partial charge < -0.3 is 26.2 Å². The molecule has 3 amide bonds. The quantitative estimate of drug-likeness (QED) is 0.161. The Labute approximate surface area is 278 Å². The van der Waals surface area contributed by atoms with Gasteiger partial charge in [0, 0.05) is 29.9 Å². The molecule has 2 unspecified atom stereocenters. The lowest BCUT2D eigenvalue weighted by Crippen LogP contribution is -2.48. The summed E-state index contributed by atoms with van der Waals surface area (Å²) in [5.74, 6) is -2.10. The van der Waals surface area contributed by atoms with Crippen LogP contribution < -0.4 is 16.0 Å². The van der Waals surface area contributed by atoms with Crippen molar-refractivity contribution in [3.05, 3.63) is 59.7 Å². The van der Waals surface area contributed by atoms with E-state index in [1.165, 1.54) is 0 Å². The van der Waals surface area contributed by atoms with Crippen LogP contribution in [0.25, 0.3) is 0 Å². The second-order valence-corrected chi connectivity index (χ2v) is 14.3. The number of likely N-dealkylation sites (tertiary alicyclic amines) is 1. The number of aryl methyl sites for hydroxylation is 1. The minimum atomic E-state index is -1.05. The maximum atomic E-state index is 14.2. The summed E-state index contributed by atoms with van der Waals surface area (Å²) in [7, 11) is 0. The van der Waals surface area contributed by atoms with E-state index in [1.807, 2.05) is 88.0 Å². The van der Waals surface area contributed by atoms with Gasteiger partial charge in [0.25, 0.3) is 0 Å². The van der Waals surface area contributed by atoms with Crippen molar-refractivity contribution < 1.29 is 29.4 Å². The average molecular weight is 649 g/mol. The minimum absolute atomic E-state index is 0.000476. The predicted octanol–water partition coefficient (Wildman–Crippen LogP) is 6.33. The first-order valence-corrected chi connectivity index (χ1v) is 17.0. The summed E-state index contributed by atoms with van der Waals surface area (Å²) >= 11 is 0. The van der Waals surface area contributed by atoms with Crippen LogP contribution in [0.1, 0.15) is 90.2 Å². The number of nitrogens with zero attached hydrogens (tertiary/aromatic N) is 1. The van der Waals surface area contributed by atoms with E-state index >= 15 is 0 Å². The number of aliphatic hydroxyl groups is 1. The van der Waals surface area contributed by atoms with E-state index in [0.717, 1.165) is 29.7 Å². The summed E-state index contributed by atoms with van der Waals surface area (Å²) in [6, 6.07) is 14.1. The molecule has 256 valence electrons. The molecule has 10 nitrogen and oxygen atoms in total. The lowest BCUT2D eigenvalue weighted by molar-refractivity contribution is -0.138. The van der Waals surface area contributed by atoms with Crippen LogP contribution in [0, 0.1) is 30.6 Å². The number of anilines is 2. The van der Waals surface area contributed by atoms with Gasteiger partial charge in [-0.2, -0.15) is 0 Å². The second kappa shape index (κ2) is 15.9. The van der Waals surface area contributed by atoms with Crippen molar-refractivity contribution in [2.24, 2.45) is 23.7 Å². The van der Waals surface area contributed by atoms with Crippen molar-refractivity contribution in [2.75, 3.05) is 10.6 Å². The Balaban J connectivity index is 1.47. The van der Waals surface area contributed by atoms with Crippen molar-refractivity contribution in [1.29, 1.82) is 0 Å².